The molecule has 1 unspecified atom stereocenters. The van der Waals surface area contributed by atoms with E-state index < -0.39 is 0 Å². The van der Waals surface area contributed by atoms with Gasteiger partial charge in [0.2, 0.25) is 0 Å². The first-order valence-corrected chi connectivity index (χ1v) is 6.74. The molecule has 0 spiro atoms. The van der Waals surface area contributed by atoms with Gasteiger partial charge in [0.05, 0.1) is 21.3 Å². The van der Waals surface area contributed by atoms with E-state index in [9.17, 15) is 0 Å². The molecule has 0 amide bonds. The number of aromatic nitrogens is 2. The van der Waals surface area contributed by atoms with Crippen molar-refractivity contribution in [3.8, 4) is 10.8 Å². The van der Waals surface area contributed by atoms with Gasteiger partial charge in [-0.25, -0.2) is 0 Å². The van der Waals surface area contributed by atoms with Gasteiger partial charge in [-0.05, 0) is 35.0 Å². The zero-order valence-corrected chi connectivity index (χ0v) is 11.6. The second kappa shape index (κ2) is 5.72. The molecule has 0 bridgehead atoms. The number of halogens is 1. The highest BCUT2D eigenvalue weighted by molar-refractivity contribution is 9.11. The first-order chi connectivity index (χ1) is 8.20. The van der Waals surface area contributed by atoms with E-state index in [1.165, 1.54) is 11.3 Å². The van der Waals surface area contributed by atoms with E-state index >= 15 is 0 Å². The van der Waals surface area contributed by atoms with E-state index in [4.69, 9.17) is 15.0 Å². The Labute approximate surface area is 111 Å². The van der Waals surface area contributed by atoms with Gasteiger partial charge in [-0.3, -0.25) is 0 Å². The van der Waals surface area contributed by atoms with Crippen molar-refractivity contribution in [3.05, 3.63) is 21.7 Å². The molecule has 5 nitrogen and oxygen atoms in total. The third-order valence-corrected chi connectivity index (χ3v) is 3.67. The first kappa shape index (κ1) is 12.7. The maximum Gasteiger partial charge on any atom is 0.268 e. The van der Waals surface area contributed by atoms with Gasteiger partial charge < -0.3 is 15.0 Å². The molecule has 1 atom stereocenters. The van der Waals surface area contributed by atoms with Gasteiger partial charge in [-0.2, -0.15) is 4.98 Å². The summed E-state index contributed by atoms with van der Waals surface area (Å²) in [7, 11) is 0. The van der Waals surface area contributed by atoms with Crippen LogP contribution < -0.4 is 5.73 Å². The molecule has 0 fully saturated rings. The molecule has 17 heavy (non-hydrogen) atoms. The molecule has 0 aromatic carbocycles. The number of rotatable bonds is 5. The normalized spacial score (nSPS) is 12.9. The van der Waals surface area contributed by atoms with Crippen LogP contribution in [0.1, 0.15) is 18.8 Å². The Morgan fingerprint density at radius 3 is 3.06 bits per heavy atom. The van der Waals surface area contributed by atoms with E-state index in [0.29, 0.717) is 24.9 Å². The SMILES string of the molecule is CCOCC(N)c1noc(-c2ccc(Br)s2)n1. The van der Waals surface area contributed by atoms with Gasteiger partial charge in [0.25, 0.3) is 5.89 Å². The lowest BCUT2D eigenvalue weighted by Gasteiger charge is -2.05. The zero-order chi connectivity index (χ0) is 12.3. The Morgan fingerprint density at radius 2 is 2.41 bits per heavy atom. The summed E-state index contributed by atoms with van der Waals surface area (Å²) in [6.45, 7) is 2.93. The minimum atomic E-state index is -0.351. The monoisotopic (exact) mass is 317 g/mol. The maximum atomic E-state index is 5.86. The Bertz CT molecular complexity index is 485. The van der Waals surface area contributed by atoms with Crippen molar-refractivity contribution in [2.75, 3.05) is 13.2 Å². The first-order valence-electron chi connectivity index (χ1n) is 5.13. The van der Waals surface area contributed by atoms with Crippen molar-refractivity contribution >= 4 is 27.3 Å². The van der Waals surface area contributed by atoms with Crippen LogP contribution in [0.5, 0.6) is 0 Å². The lowest BCUT2D eigenvalue weighted by atomic mass is 10.3. The second-order valence-corrected chi connectivity index (χ2v) is 5.79. The quantitative estimate of drug-likeness (QED) is 0.917. The standard InChI is InChI=1S/C10H12BrN3O2S/c1-2-15-5-6(12)9-13-10(16-14-9)7-3-4-8(11)17-7/h3-4,6H,2,5,12H2,1H3. The molecule has 2 heterocycles. The van der Waals surface area contributed by atoms with Gasteiger partial charge in [-0.15, -0.1) is 11.3 Å². The molecule has 0 saturated carbocycles. The van der Waals surface area contributed by atoms with E-state index in [1.54, 1.807) is 0 Å². The van der Waals surface area contributed by atoms with Crippen molar-refractivity contribution in [3.63, 3.8) is 0 Å². The molecule has 0 aliphatic rings. The van der Waals surface area contributed by atoms with Crippen LogP contribution >= 0.6 is 27.3 Å². The predicted octanol–water partition coefficient (Wildman–Crippen LogP) is 2.60. The Balaban J connectivity index is 2.10. The molecule has 2 rings (SSSR count). The molecule has 92 valence electrons. The highest BCUT2D eigenvalue weighted by atomic mass is 79.9. The zero-order valence-electron chi connectivity index (χ0n) is 9.22. The largest absolute Gasteiger partial charge is 0.380 e. The summed E-state index contributed by atoms with van der Waals surface area (Å²) in [6.07, 6.45) is 0. The van der Waals surface area contributed by atoms with E-state index in [2.05, 4.69) is 26.1 Å². The number of hydrogen-bond acceptors (Lipinski definition) is 6. The summed E-state index contributed by atoms with van der Waals surface area (Å²) in [5.74, 6) is 0.959. The van der Waals surface area contributed by atoms with Crippen molar-refractivity contribution < 1.29 is 9.26 Å². The summed E-state index contributed by atoms with van der Waals surface area (Å²) in [5.41, 5.74) is 5.86. The highest BCUT2D eigenvalue weighted by Crippen LogP contribution is 2.30. The lowest BCUT2D eigenvalue weighted by Crippen LogP contribution is -2.18. The van der Waals surface area contributed by atoms with Crippen LogP contribution in [0, 0.1) is 0 Å². The third kappa shape index (κ3) is 3.12. The minimum absolute atomic E-state index is 0.351. The lowest BCUT2D eigenvalue weighted by molar-refractivity contribution is 0.130. The predicted molar refractivity (Wildman–Crippen MR) is 68.7 cm³/mol. The molecule has 2 N–H and O–H groups in total. The summed E-state index contributed by atoms with van der Waals surface area (Å²) in [6, 6.07) is 3.50. The Kier molecular flexibility index (Phi) is 4.27. The molecular formula is C10H12BrN3O2S. The maximum absolute atomic E-state index is 5.86. The third-order valence-electron chi connectivity index (χ3n) is 2.06. The summed E-state index contributed by atoms with van der Waals surface area (Å²) >= 11 is 4.92. The van der Waals surface area contributed by atoms with Crippen molar-refractivity contribution in [1.29, 1.82) is 0 Å². The molecule has 0 radical (unpaired) electrons. The molecule has 2 aromatic heterocycles. The highest BCUT2D eigenvalue weighted by Gasteiger charge is 2.16. The van der Waals surface area contributed by atoms with Crippen LogP contribution in [0.3, 0.4) is 0 Å². The molecule has 2 aromatic rings. The number of hydrogen-bond donors (Lipinski definition) is 1. The fourth-order valence-electron chi connectivity index (χ4n) is 1.23. The van der Waals surface area contributed by atoms with Crippen molar-refractivity contribution in [1.82, 2.24) is 10.1 Å². The molecule has 0 aliphatic heterocycles. The van der Waals surface area contributed by atoms with Crippen LogP contribution in [0.15, 0.2) is 20.4 Å². The van der Waals surface area contributed by atoms with Crippen LogP contribution in [-0.2, 0) is 4.74 Å². The van der Waals surface area contributed by atoms with Gasteiger partial charge in [0.15, 0.2) is 5.82 Å². The van der Waals surface area contributed by atoms with Gasteiger partial charge in [0, 0.05) is 6.61 Å². The van der Waals surface area contributed by atoms with Gasteiger partial charge >= 0.3 is 0 Å². The number of ether oxygens (including phenoxy) is 1. The molecule has 0 aliphatic carbocycles. The molecule has 0 saturated heterocycles. The summed E-state index contributed by atoms with van der Waals surface area (Å²) in [5, 5.41) is 3.85. The summed E-state index contributed by atoms with van der Waals surface area (Å²) in [4.78, 5) is 5.17. The van der Waals surface area contributed by atoms with Gasteiger partial charge in [0.1, 0.15) is 0 Å². The van der Waals surface area contributed by atoms with E-state index in [-0.39, 0.29) is 6.04 Å². The Hall–Kier alpha value is -0.760. The van der Waals surface area contributed by atoms with E-state index in [1.807, 2.05) is 19.1 Å². The summed E-state index contributed by atoms with van der Waals surface area (Å²) < 4.78 is 11.4. The van der Waals surface area contributed by atoms with Crippen LogP contribution in [0.25, 0.3) is 10.8 Å². The number of nitrogens with zero attached hydrogens (tertiary/aromatic N) is 2. The van der Waals surface area contributed by atoms with Crippen molar-refractivity contribution in [2.45, 2.75) is 13.0 Å². The molecular weight excluding hydrogens is 306 g/mol. The molecule has 7 heteroatoms. The topological polar surface area (TPSA) is 74.2 Å². The van der Waals surface area contributed by atoms with Crippen molar-refractivity contribution in [2.24, 2.45) is 5.73 Å². The average Bonchev–Trinajstić information content (AvgIpc) is 2.93. The van der Waals surface area contributed by atoms with Crippen LogP contribution in [0.4, 0.5) is 0 Å². The average molecular weight is 318 g/mol. The fraction of sp³-hybridized carbons (Fsp3) is 0.400. The van der Waals surface area contributed by atoms with E-state index in [0.717, 1.165) is 8.66 Å². The number of nitrogens with two attached hydrogens (primary N) is 1. The fourth-order valence-corrected chi connectivity index (χ4v) is 2.54. The second-order valence-electron chi connectivity index (χ2n) is 3.33. The van der Waals surface area contributed by atoms with Crippen LogP contribution in [-0.4, -0.2) is 23.4 Å². The Morgan fingerprint density at radius 1 is 1.59 bits per heavy atom. The smallest absolute Gasteiger partial charge is 0.268 e. The van der Waals surface area contributed by atoms with Gasteiger partial charge in [-0.1, -0.05) is 5.16 Å². The minimum Gasteiger partial charge on any atom is -0.380 e. The van der Waals surface area contributed by atoms with Crippen LogP contribution in [0.2, 0.25) is 0 Å². The number of thiophene rings is 1.